The molecule has 98 valence electrons. The van der Waals surface area contributed by atoms with E-state index >= 15 is 0 Å². The summed E-state index contributed by atoms with van der Waals surface area (Å²) in [7, 11) is 0. The predicted molar refractivity (Wildman–Crippen MR) is 69.7 cm³/mol. The number of rotatable bonds is 4. The molecule has 0 aliphatic heterocycles. The molecule has 1 aromatic carbocycles. The number of nitrogens with one attached hydrogen (secondary N) is 1. The molecule has 1 saturated carbocycles. The Morgan fingerprint density at radius 2 is 2.22 bits per heavy atom. The average molecular weight is 250 g/mol. The Labute approximate surface area is 107 Å². The molecule has 0 aromatic heterocycles. The number of hydrogen-bond acceptors (Lipinski definition) is 2. The second-order valence-corrected chi connectivity index (χ2v) is 5.24. The molecule has 4 heteroatoms. The van der Waals surface area contributed by atoms with Crippen LogP contribution in [0.25, 0.3) is 0 Å². The Morgan fingerprint density at radius 1 is 1.50 bits per heavy atom. The van der Waals surface area contributed by atoms with Crippen LogP contribution < -0.4 is 11.1 Å². The molecule has 0 saturated heterocycles. The van der Waals surface area contributed by atoms with Crippen molar-refractivity contribution in [2.24, 2.45) is 11.1 Å². The number of aryl methyl sites for hydroxylation is 1. The summed E-state index contributed by atoms with van der Waals surface area (Å²) in [5.41, 5.74) is 7.11. The van der Waals surface area contributed by atoms with E-state index in [4.69, 9.17) is 5.73 Å². The molecule has 0 atom stereocenters. The molecular formula is C14H19FN2O. The molecule has 0 radical (unpaired) electrons. The van der Waals surface area contributed by atoms with Gasteiger partial charge in [-0.25, -0.2) is 4.39 Å². The largest absolute Gasteiger partial charge is 0.330 e. The van der Waals surface area contributed by atoms with Gasteiger partial charge in [0.25, 0.3) is 0 Å². The van der Waals surface area contributed by atoms with E-state index in [1.807, 2.05) is 6.92 Å². The zero-order chi connectivity index (χ0) is 13.2. The minimum atomic E-state index is -0.340. The number of amides is 1. The molecule has 0 heterocycles. The van der Waals surface area contributed by atoms with Gasteiger partial charge in [-0.3, -0.25) is 4.79 Å². The molecule has 0 spiro atoms. The Morgan fingerprint density at radius 3 is 2.78 bits per heavy atom. The van der Waals surface area contributed by atoms with Gasteiger partial charge >= 0.3 is 0 Å². The third-order valence-corrected chi connectivity index (χ3v) is 3.86. The molecule has 1 amide bonds. The van der Waals surface area contributed by atoms with E-state index in [0.29, 0.717) is 18.7 Å². The fraction of sp³-hybridized carbons (Fsp3) is 0.500. The van der Waals surface area contributed by atoms with Gasteiger partial charge in [0.2, 0.25) is 5.91 Å². The molecule has 0 bridgehead atoms. The first kappa shape index (κ1) is 13.0. The van der Waals surface area contributed by atoms with E-state index in [1.165, 1.54) is 12.1 Å². The predicted octanol–water partition coefficient (Wildman–Crippen LogP) is 2.59. The van der Waals surface area contributed by atoms with Crippen LogP contribution in [0.2, 0.25) is 0 Å². The van der Waals surface area contributed by atoms with Crippen molar-refractivity contribution in [3.63, 3.8) is 0 Å². The van der Waals surface area contributed by atoms with Crippen LogP contribution >= 0.6 is 0 Å². The minimum Gasteiger partial charge on any atom is -0.330 e. The summed E-state index contributed by atoms with van der Waals surface area (Å²) < 4.78 is 13.1. The number of anilines is 1. The number of nitrogens with two attached hydrogens (primary N) is 1. The summed E-state index contributed by atoms with van der Waals surface area (Å²) in [5, 5.41) is 2.77. The van der Waals surface area contributed by atoms with Gasteiger partial charge in [-0.2, -0.15) is 0 Å². The number of carbonyl (C=O) groups excluding carboxylic acids is 1. The highest BCUT2D eigenvalue weighted by atomic mass is 19.1. The van der Waals surface area contributed by atoms with Gasteiger partial charge in [-0.15, -0.1) is 0 Å². The van der Waals surface area contributed by atoms with Gasteiger partial charge in [0.15, 0.2) is 0 Å². The topological polar surface area (TPSA) is 55.1 Å². The van der Waals surface area contributed by atoms with Crippen molar-refractivity contribution in [2.75, 3.05) is 11.9 Å². The number of halogens is 1. The Balaban J connectivity index is 2.00. The van der Waals surface area contributed by atoms with Crippen LogP contribution in [0, 0.1) is 18.2 Å². The van der Waals surface area contributed by atoms with Gasteiger partial charge in [0.05, 0.1) is 0 Å². The van der Waals surface area contributed by atoms with E-state index in [2.05, 4.69) is 5.32 Å². The molecule has 1 fully saturated rings. The third-order valence-electron chi connectivity index (χ3n) is 3.86. The van der Waals surface area contributed by atoms with Crippen molar-refractivity contribution in [3.05, 3.63) is 29.6 Å². The standard InChI is InChI=1S/C14H19FN2O/c1-10-3-4-11(15)7-12(10)17-13(18)8-14(9-16)5-2-6-14/h3-4,7H,2,5-6,8-9,16H2,1H3,(H,17,18). The first-order valence-electron chi connectivity index (χ1n) is 6.31. The van der Waals surface area contributed by atoms with Crippen LogP contribution in [-0.4, -0.2) is 12.5 Å². The van der Waals surface area contributed by atoms with Crippen LogP contribution in [0.5, 0.6) is 0 Å². The van der Waals surface area contributed by atoms with E-state index in [-0.39, 0.29) is 17.1 Å². The lowest BCUT2D eigenvalue weighted by atomic mass is 9.66. The van der Waals surface area contributed by atoms with Gasteiger partial charge in [-0.05, 0) is 49.4 Å². The molecule has 18 heavy (non-hydrogen) atoms. The van der Waals surface area contributed by atoms with Crippen molar-refractivity contribution >= 4 is 11.6 Å². The number of carbonyl (C=O) groups is 1. The first-order valence-corrected chi connectivity index (χ1v) is 6.31. The lowest BCUT2D eigenvalue weighted by molar-refractivity contribution is -0.119. The van der Waals surface area contributed by atoms with Gasteiger partial charge < -0.3 is 11.1 Å². The Bertz CT molecular complexity index is 450. The maximum absolute atomic E-state index is 13.1. The molecule has 3 nitrogen and oxygen atoms in total. The van der Waals surface area contributed by atoms with E-state index < -0.39 is 0 Å². The third kappa shape index (κ3) is 2.70. The fourth-order valence-corrected chi connectivity index (χ4v) is 2.39. The van der Waals surface area contributed by atoms with Crippen LogP contribution in [0.4, 0.5) is 10.1 Å². The summed E-state index contributed by atoms with van der Waals surface area (Å²) in [6, 6.07) is 4.40. The molecule has 3 N–H and O–H groups in total. The number of hydrogen-bond donors (Lipinski definition) is 2. The summed E-state index contributed by atoms with van der Waals surface area (Å²) in [5.74, 6) is -0.415. The van der Waals surface area contributed by atoms with E-state index in [9.17, 15) is 9.18 Å². The quantitative estimate of drug-likeness (QED) is 0.863. The minimum absolute atomic E-state index is 0.0225. The molecule has 0 unspecified atom stereocenters. The maximum atomic E-state index is 13.1. The first-order chi connectivity index (χ1) is 8.54. The Kier molecular flexibility index (Phi) is 3.66. The number of benzene rings is 1. The summed E-state index contributed by atoms with van der Waals surface area (Å²) in [4.78, 5) is 12.0. The monoisotopic (exact) mass is 250 g/mol. The van der Waals surface area contributed by atoms with Gasteiger partial charge in [0, 0.05) is 12.1 Å². The summed E-state index contributed by atoms with van der Waals surface area (Å²) >= 11 is 0. The van der Waals surface area contributed by atoms with Gasteiger partial charge in [0.1, 0.15) is 5.82 Å². The van der Waals surface area contributed by atoms with Crippen molar-refractivity contribution in [1.82, 2.24) is 0 Å². The van der Waals surface area contributed by atoms with Crippen LogP contribution in [-0.2, 0) is 4.79 Å². The van der Waals surface area contributed by atoms with E-state index in [1.54, 1.807) is 6.07 Å². The van der Waals surface area contributed by atoms with Crippen LogP contribution in [0.1, 0.15) is 31.2 Å². The Hall–Kier alpha value is -1.42. The zero-order valence-corrected chi connectivity index (χ0v) is 10.6. The van der Waals surface area contributed by atoms with Crippen LogP contribution in [0.3, 0.4) is 0 Å². The molecule has 2 rings (SSSR count). The summed E-state index contributed by atoms with van der Waals surface area (Å²) in [6.45, 7) is 2.39. The molecule has 1 aliphatic carbocycles. The summed E-state index contributed by atoms with van der Waals surface area (Å²) in [6.07, 6.45) is 3.60. The lowest BCUT2D eigenvalue weighted by Crippen LogP contribution is -2.40. The van der Waals surface area contributed by atoms with Gasteiger partial charge in [-0.1, -0.05) is 12.5 Å². The zero-order valence-electron chi connectivity index (χ0n) is 10.6. The normalized spacial score (nSPS) is 17.1. The highest BCUT2D eigenvalue weighted by Crippen LogP contribution is 2.43. The second kappa shape index (κ2) is 5.06. The molecular weight excluding hydrogens is 231 g/mol. The SMILES string of the molecule is Cc1ccc(F)cc1NC(=O)CC1(CN)CCC1. The smallest absolute Gasteiger partial charge is 0.224 e. The highest BCUT2D eigenvalue weighted by molar-refractivity contribution is 5.92. The van der Waals surface area contributed by atoms with Crippen molar-refractivity contribution < 1.29 is 9.18 Å². The maximum Gasteiger partial charge on any atom is 0.224 e. The van der Waals surface area contributed by atoms with Crippen molar-refractivity contribution in [2.45, 2.75) is 32.6 Å². The molecule has 1 aromatic rings. The van der Waals surface area contributed by atoms with Crippen molar-refractivity contribution in [1.29, 1.82) is 0 Å². The highest BCUT2D eigenvalue weighted by Gasteiger charge is 2.37. The fourth-order valence-electron chi connectivity index (χ4n) is 2.39. The lowest BCUT2D eigenvalue weighted by Gasteiger charge is -2.40. The average Bonchev–Trinajstić information content (AvgIpc) is 2.28. The second-order valence-electron chi connectivity index (χ2n) is 5.24. The van der Waals surface area contributed by atoms with Crippen molar-refractivity contribution in [3.8, 4) is 0 Å². The molecule has 1 aliphatic rings. The van der Waals surface area contributed by atoms with Crippen LogP contribution in [0.15, 0.2) is 18.2 Å². The van der Waals surface area contributed by atoms with E-state index in [0.717, 1.165) is 24.8 Å².